The van der Waals surface area contributed by atoms with E-state index in [4.69, 9.17) is 16.3 Å². The van der Waals surface area contributed by atoms with Crippen LogP contribution in [0.3, 0.4) is 0 Å². The van der Waals surface area contributed by atoms with Crippen molar-refractivity contribution in [3.8, 4) is 5.75 Å². The zero-order valence-corrected chi connectivity index (χ0v) is 11.6. The van der Waals surface area contributed by atoms with Gasteiger partial charge in [-0.05, 0) is 39.3 Å². The number of rotatable bonds is 7. The van der Waals surface area contributed by atoms with Crippen molar-refractivity contribution in [3.05, 3.63) is 18.3 Å². The highest BCUT2D eigenvalue weighted by molar-refractivity contribution is 6.17. The fraction of sp³-hybridized carbons (Fsp3) is 0.615. The first-order valence-corrected chi connectivity index (χ1v) is 6.64. The topological polar surface area (TPSA) is 25.4 Å². The van der Waals surface area contributed by atoms with Gasteiger partial charge in [0.15, 0.2) is 11.6 Å². The Morgan fingerprint density at radius 3 is 2.82 bits per heavy atom. The van der Waals surface area contributed by atoms with Gasteiger partial charge in [0, 0.05) is 24.7 Å². The molecule has 96 valence electrons. The van der Waals surface area contributed by atoms with Crippen molar-refractivity contribution in [2.24, 2.45) is 0 Å². The number of aromatic nitrogens is 1. The molecule has 4 heteroatoms. The molecule has 0 radical (unpaired) electrons. The molecule has 1 heterocycles. The van der Waals surface area contributed by atoms with Gasteiger partial charge in [0.25, 0.3) is 0 Å². The van der Waals surface area contributed by atoms with Gasteiger partial charge >= 0.3 is 0 Å². The molecule has 0 bridgehead atoms. The van der Waals surface area contributed by atoms with Crippen LogP contribution in [-0.2, 0) is 0 Å². The highest BCUT2D eigenvalue weighted by Crippen LogP contribution is 2.26. The van der Waals surface area contributed by atoms with Gasteiger partial charge in [0.05, 0.1) is 6.61 Å². The Balaban J connectivity index is 2.91. The van der Waals surface area contributed by atoms with Crippen LogP contribution in [0, 0.1) is 0 Å². The van der Waals surface area contributed by atoms with Crippen LogP contribution < -0.4 is 9.64 Å². The second kappa shape index (κ2) is 7.38. The standard InChI is InChI=1S/C13H21ClN2O/c1-4-17-12-7-5-9-15-13(12)16(11(2)3)10-6-8-14/h5,7,9,11H,4,6,8,10H2,1-3H3. The number of anilines is 1. The lowest BCUT2D eigenvalue weighted by molar-refractivity contribution is 0.338. The van der Waals surface area contributed by atoms with E-state index in [0.29, 0.717) is 18.5 Å². The largest absolute Gasteiger partial charge is 0.490 e. The van der Waals surface area contributed by atoms with E-state index in [1.165, 1.54) is 0 Å². The third-order valence-electron chi connectivity index (χ3n) is 2.48. The van der Waals surface area contributed by atoms with Gasteiger partial charge in [0.2, 0.25) is 0 Å². The summed E-state index contributed by atoms with van der Waals surface area (Å²) >= 11 is 5.76. The van der Waals surface area contributed by atoms with Crippen molar-refractivity contribution < 1.29 is 4.74 Å². The highest BCUT2D eigenvalue weighted by Gasteiger charge is 2.15. The molecule has 3 nitrogen and oxygen atoms in total. The molecule has 0 aliphatic rings. The first kappa shape index (κ1) is 14.1. The molecule has 1 rings (SSSR count). The molecule has 0 spiro atoms. The maximum absolute atomic E-state index is 5.76. The van der Waals surface area contributed by atoms with Crippen LogP contribution in [0.5, 0.6) is 5.75 Å². The zero-order chi connectivity index (χ0) is 12.7. The first-order chi connectivity index (χ1) is 8.20. The van der Waals surface area contributed by atoms with Gasteiger partial charge in [-0.3, -0.25) is 0 Å². The molecular formula is C13H21ClN2O. The van der Waals surface area contributed by atoms with Crippen molar-refractivity contribution in [2.45, 2.75) is 33.2 Å². The Bertz CT molecular complexity index is 331. The smallest absolute Gasteiger partial charge is 0.171 e. The summed E-state index contributed by atoms with van der Waals surface area (Å²) in [6, 6.07) is 4.24. The van der Waals surface area contributed by atoms with Gasteiger partial charge in [-0.25, -0.2) is 4.98 Å². The monoisotopic (exact) mass is 256 g/mol. The third-order valence-corrected chi connectivity index (χ3v) is 2.75. The van der Waals surface area contributed by atoms with Crippen LogP contribution in [0.2, 0.25) is 0 Å². The first-order valence-electron chi connectivity index (χ1n) is 6.11. The maximum Gasteiger partial charge on any atom is 0.171 e. The van der Waals surface area contributed by atoms with E-state index < -0.39 is 0 Å². The van der Waals surface area contributed by atoms with E-state index in [2.05, 4.69) is 23.7 Å². The number of hydrogen-bond acceptors (Lipinski definition) is 3. The Morgan fingerprint density at radius 2 is 2.24 bits per heavy atom. The summed E-state index contributed by atoms with van der Waals surface area (Å²) in [5.74, 6) is 2.42. The minimum Gasteiger partial charge on any atom is -0.490 e. The third kappa shape index (κ3) is 4.08. The molecular weight excluding hydrogens is 236 g/mol. The fourth-order valence-corrected chi connectivity index (χ4v) is 1.82. The van der Waals surface area contributed by atoms with Crippen molar-refractivity contribution in [2.75, 3.05) is 23.9 Å². The Labute approximate surface area is 109 Å². The summed E-state index contributed by atoms with van der Waals surface area (Å²) < 4.78 is 5.61. The van der Waals surface area contributed by atoms with Gasteiger partial charge in [-0.1, -0.05) is 0 Å². The van der Waals surface area contributed by atoms with Crippen molar-refractivity contribution >= 4 is 17.4 Å². The Hall–Kier alpha value is -0.960. The van der Waals surface area contributed by atoms with E-state index in [-0.39, 0.29) is 0 Å². The van der Waals surface area contributed by atoms with E-state index in [0.717, 1.165) is 24.5 Å². The van der Waals surface area contributed by atoms with Gasteiger partial charge in [0.1, 0.15) is 0 Å². The van der Waals surface area contributed by atoms with Crippen LogP contribution in [-0.4, -0.2) is 30.1 Å². The SMILES string of the molecule is CCOc1cccnc1N(CCCCl)C(C)C. The lowest BCUT2D eigenvalue weighted by Crippen LogP contribution is -2.33. The van der Waals surface area contributed by atoms with Gasteiger partial charge < -0.3 is 9.64 Å². The number of alkyl halides is 1. The van der Waals surface area contributed by atoms with Crippen molar-refractivity contribution in [1.29, 1.82) is 0 Å². The average Bonchev–Trinajstić information content (AvgIpc) is 2.31. The van der Waals surface area contributed by atoms with Crippen molar-refractivity contribution in [3.63, 3.8) is 0 Å². The van der Waals surface area contributed by atoms with Crippen LogP contribution in [0.15, 0.2) is 18.3 Å². The Morgan fingerprint density at radius 1 is 1.47 bits per heavy atom. The van der Waals surface area contributed by atoms with E-state index in [1.807, 2.05) is 19.1 Å². The molecule has 1 aromatic rings. The predicted molar refractivity (Wildman–Crippen MR) is 73.2 cm³/mol. The summed E-state index contributed by atoms with van der Waals surface area (Å²) in [6.07, 6.45) is 2.75. The normalized spacial score (nSPS) is 10.6. The fourth-order valence-electron chi connectivity index (χ4n) is 1.70. The summed E-state index contributed by atoms with van der Waals surface area (Å²) in [6.45, 7) is 7.84. The summed E-state index contributed by atoms with van der Waals surface area (Å²) in [4.78, 5) is 6.66. The minimum absolute atomic E-state index is 0.382. The van der Waals surface area contributed by atoms with E-state index >= 15 is 0 Å². The average molecular weight is 257 g/mol. The molecule has 0 aliphatic heterocycles. The predicted octanol–water partition coefficient (Wildman–Crippen LogP) is 3.32. The van der Waals surface area contributed by atoms with E-state index in [9.17, 15) is 0 Å². The highest BCUT2D eigenvalue weighted by atomic mass is 35.5. The minimum atomic E-state index is 0.382. The molecule has 1 aromatic heterocycles. The lowest BCUT2D eigenvalue weighted by atomic mass is 10.2. The van der Waals surface area contributed by atoms with Crippen molar-refractivity contribution in [1.82, 2.24) is 4.98 Å². The zero-order valence-electron chi connectivity index (χ0n) is 10.8. The molecule has 17 heavy (non-hydrogen) atoms. The molecule has 0 atom stereocenters. The number of nitrogens with zero attached hydrogens (tertiary/aromatic N) is 2. The summed E-state index contributed by atoms with van der Waals surface area (Å²) in [7, 11) is 0. The molecule has 0 amide bonds. The van der Waals surface area contributed by atoms with E-state index in [1.54, 1.807) is 6.20 Å². The maximum atomic E-state index is 5.76. The summed E-state index contributed by atoms with van der Waals surface area (Å²) in [5, 5.41) is 0. The van der Waals surface area contributed by atoms with Gasteiger partial charge in [-0.2, -0.15) is 0 Å². The molecule has 0 saturated carbocycles. The second-order valence-electron chi connectivity index (χ2n) is 4.09. The Kier molecular flexibility index (Phi) is 6.12. The molecule has 0 N–H and O–H groups in total. The van der Waals surface area contributed by atoms with Gasteiger partial charge in [-0.15, -0.1) is 11.6 Å². The second-order valence-corrected chi connectivity index (χ2v) is 4.47. The van der Waals surface area contributed by atoms with Crippen LogP contribution >= 0.6 is 11.6 Å². The number of ether oxygens (including phenoxy) is 1. The van der Waals surface area contributed by atoms with Crippen LogP contribution in [0.25, 0.3) is 0 Å². The molecule has 0 saturated heterocycles. The number of halogens is 1. The quantitative estimate of drug-likeness (QED) is 0.700. The molecule has 0 aromatic carbocycles. The van der Waals surface area contributed by atoms with Crippen LogP contribution in [0.4, 0.5) is 5.82 Å². The molecule has 0 fully saturated rings. The lowest BCUT2D eigenvalue weighted by Gasteiger charge is -2.29. The van der Waals surface area contributed by atoms with Crippen LogP contribution in [0.1, 0.15) is 27.2 Å². The number of pyridine rings is 1. The molecule has 0 unspecified atom stereocenters. The molecule has 0 aliphatic carbocycles. The number of hydrogen-bond donors (Lipinski definition) is 0. The summed E-state index contributed by atoms with van der Waals surface area (Å²) in [5.41, 5.74) is 0.